The van der Waals surface area contributed by atoms with E-state index in [1.54, 1.807) is 0 Å². The van der Waals surface area contributed by atoms with Crippen molar-refractivity contribution in [2.24, 2.45) is 5.73 Å². The van der Waals surface area contributed by atoms with E-state index in [0.717, 1.165) is 13.0 Å². The Morgan fingerprint density at radius 3 is 3.00 bits per heavy atom. The molecule has 1 aromatic rings. The Morgan fingerprint density at radius 1 is 1.67 bits per heavy atom. The number of aliphatic hydroxyl groups is 1. The lowest BCUT2D eigenvalue weighted by Crippen LogP contribution is -2.43. The van der Waals surface area contributed by atoms with E-state index in [1.807, 2.05) is 0 Å². The molecule has 1 saturated heterocycles. The Labute approximate surface area is 85.6 Å². The predicted molar refractivity (Wildman–Crippen MR) is 48.8 cm³/mol. The molecule has 82 valence electrons. The molecule has 2 heterocycles. The van der Waals surface area contributed by atoms with E-state index in [4.69, 9.17) is 10.3 Å². The number of carbonyl (C=O) groups is 1. The molecule has 4 N–H and O–H groups in total. The third kappa shape index (κ3) is 1.83. The summed E-state index contributed by atoms with van der Waals surface area (Å²) in [6.07, 6.45) is 1.34. The predicted octanol–water partition coefficient (Wildman–Crippen LogP) is -1.26. The van der Waals surface area contributed by atoms with E-state index >= 15 is 0 Å². The van der Waals surface area contributed by atoms with Crippen LogP contribution in [0.5, 0.6) is 0 Å². The van der Waals surface area contributed by atoms with Crippen molar-refractivity contribution >= 4 is 5.91 Å². The first-order chi connectivity index (χ1) is 7.12. The van der Waals surface area contributed by atoms with Crippen LogP contribution in [-0.4, -0.2) is 34.2 Å². The van der Waals surface area contributed by atoms with Gasteiger partial charge in [-0.15, -0.1) is 0 Å². The number of carbonyl (C=O) groups excluding carboxylic acids is 1. The van der Waals surface area contributed by atoms with Gasteiger partial charge in [0.25, 0.3) is 17.6 Å². The molecule has 7 nitrogen and oxygen atoms in total. The number of nitrogens with zero attached hydrogens (tertiary/aromatic N) is 2. The van der Waals surface area contributed by atoms with Gasteiger partial charge in [0.15, 0.2) is 5.60 Å². The summed E-state index contributed by atoms with van der Waals surface area (Å²) in [6.45, 7) is 1.19. The average molecular weight is 212 g/mol. The summed E-state index contributed by atoms with van der Waals surface area (Å²) in [7, 11) is 0. The van der Waals surface area contributed by atoms with Gasteiger partial charge >= 0.3 is 0 Å². The minimum absolute atomic E-state index is 0.0449. The summed E-state index contributed by atoms with van der Waals surface area (Å²) in [4.78, 5) is 14.5. The van der Waals surface area contributed by atoms with Gasteiger partial charge in [-0.25, -0.2) is 0 Å². The number of primary amides is 1. The number of nitrogens with two attached hydrogens (primary N) is 1. The smallest absolute Gasteiger partial charge is 0.290 e. The zero-order valence-corrected chi connectivity index (χ0v) is 8.06. The number of amides is 1. The molecular weight excluding hydrogens is 200 g/mol. The molecule has 1 aromatic heterocycles. The normalized spacial score (nSPS) is 26.5. The molecule has 0 radical (unpaired) electrons. The maximum atomic E-state index is 10.7. The summed E-state index contributed by atoms with van der Waals surface area (Å²) in [6, 6.07) is 0. The summed E-state index contributed by atoms with van der Waals surface area (Å²) in [5, 5.41) is 16.5. The van der Waals surface area contributed by atoms with Crippen LogP contribution in [0.1, 0.15) is 29.4 Å². The van der Waals surface area contributed by atoms with Gasteiger partial charge in [0, 0.05) is 6.54 Å². The molecule has 0 saturated carbocycles. The van der Waals surface area contributed by atoms with Crippen LogP contribution >= 0.6 is 0 Å². The molecule has 15 heavy (non-hydrogen) atoms. The summed E-state index contributed by atoms with van der Waals surface area (Å²) in [5.41, 5.74) is 3.80. The Kier molecular flexibility index (Phi) is 2.41. The van der Waals surface area contributed by atoms with Crippen LogP contribution in [0.2, 0.25) is 0 Å². The van der Waals surface area contributed by atoms with Crippen LogP contribution < -0.4 is 11.1 Å². The fourth-order valence-electron chi connectivity index (χ4n) is 1.58. The third-order valence-corrected chi connectivity index (χ3v) is 2.41. The lowest BCUT2D eigenvalue weighted by Gasteiger charge is -2.28. The molecule has 0 spiro atoms. The monoisotopic (exact) mass is 212 g/mol. The first-order valence-electron chi connectivity index (χ1n) is 4.69. The van der Waals surface area contributed by atoms with E-state index in [1.165, 1.54) is 0 Å². The number of piperidine rings is 1. The quantitative estimate of drug-likeness (QED) is 0.563. The van der Waals surface area contributed by atoms with Gasteiger partial charge in [0.2, 0.25) is 0 Å². The Hall–Kier alpha value is -1.47. The van der Waals surface area contributed by atoms with Crippen molar-refractivity contribution < 1.29 is 14.4 Å². The van der Waals surface area contributed by atoms with Crippen molar-refractivity contribution in [1.82, 2.24) is 15.5 Å². The standard InChI is InChI=1S/C8H12N4O3/c9-5(13)6-11-7(15-12-6)8(14)2-1-3-10-4-8/h10,14H,1-4H2,(H2,9,13). The number of hydrogen-bond donors (Lipinski definition) is 3. The molecule has 0 aromatic carbocycles. The van der Waals surface area contributed by atoms with Crippen LogP contribution in [0.25, 0.3) is 0 Å². The maximum absolute atomic E-state index is 10.7. The second-order valence-electron chi connectivity index (χ2n) is 3.60. The zero-order chi connectivity index (χ0) is 10.9. The van der Waals surface area contributed by atoms with E-state index in [-0.39, 0.29) is 11.7 Å². The van der Waals surface area contributed by atoms with Crippen LogP contribution in [-0.2, 0) is 5.60 Å². The van der Waals surface area contributed by atoms with Gasteiger partial charge < -0.3 is 20.7 Å². The molecule has 0 aliphatic carbocycles. The molecule has 2 rings (SSSR count). The van der Waals surface area contributed by atoms with Gasteiger partial charge in [-0.05, 0) is 19.4 Å². The number of rotatable bonds is 2. The van der Waals surface area contributed by atoms with Gasteiger partial charge in [0.1, 0.15) is 0 Å². The molecule has 0 bridgehead atoms. The van der Waals surface area contributed by atoms with Crippen LogP contribution in [0.4, 0.5) is 0 Å². The van der Waals surface area contributed by atoms with E-state index in [2.05, 4.69) is 15.5 Å². The number of nitrogens with one attached hydrogen (secondary N) is 1. The van der Waals surface area contributed by atoms with Gasteiger partial charge in [0.05, 0.1) is 0 Å². The maximum Gasteiger partial charge on any atom is 0.290 e. The molecule has 1 aliphatic heterocycles. The van der Waals surface area contributed by atoms with Crippen molar-refractivity contribution in [3.8, 4) is 0 Å². The number of aromatic nitrogens is 2. The second kappa shape index (κ2) is 3.59. The first-order valence-corrected chi connectivity index (χ1v) is 4.69. The first kappa shape index (κ1) is 10.1. The van der Waals surface area contributed by atoms with Gasteiger partial charge in [-0.1, -0.05) is 5.16 Å². The van der Waals surface area contributed by atoms with Crippen LogP contribution in [0, 0.1) is 0 Å². The molecule has 1 amide bonds. The molecule has 1 aliphatic rings. The minimum Gasteiger partial charge on any atom is -0.379 e. The van der Waals surface area contributed by atoms with E-state index < -0.39 is 11.5 Å². The van der Waals surface area contributed by atoms with E-state index in [9.17, 15) is 9.90 Å². The number of hydrogen-bond acceptors (Lipinski definition) is 6. The highest BCUT2D eigenvalue weighted by molar-refractivity contribution is 5.88. The highest BCUT2D eigenvalue weighted by Crippen LogP contribution is 2.26. The Morgan fingerprint density at radius 2 is 2.47 bits per heavy atom. The second-order valence-corrected chi connectivity index (χ2v) is 3.60. The third-order valence-electron chi connectivity index (χ3n) is 2.41. The fraction of sp³-hybridized carbons (Fsp3) is 0.625. The van der Waals surface area contributed by atoms with Crippen molar-refractivity contribution in [2.45, 2.75) is 18.4 Å². The number of β-amino-alcohol motifs (C(OH)–C–C–N with tert-alkyl or cyclic N) is 1. The lowest BCUT2D eigenvalue weighted by molar-refractivity contribution is -0.0167. The van der Waals surface area contributed by atoms with Crippen molar-refractivity contribution in [3.05, 3.63) is 11.7 Å². The van der Waals surface area contributed by atoms with Crippen molar-refractivity contribution in [1.29, 1.82) is 0 Å². The minimum atomic E-state index is -1.18. The summed E-state index contributed by atoms with van der Waals surface area (Å²) >= 11 is 0. The SMILES string of the molecule is NC(=O)c1noc(C2(O)CCCNC2)n1. The lowest BCUT2D eigenvalue weighted by atomic mass is 9.94. The summed E-state index contributed by atoms with van der Waals surface area (Å²) < 4.78 is 4.82. The van der Waals surface area contributed by atoms with Crippen LogP contribution in [0.3, 0.4) is 0 Å². The average Bonchev–Trinajstić information content (AvgIpc) is 2.68. The van der Waals surface area contributed by atoms with E-state index in [0.29, 0.717) is 13.0 Å². The fourth-order valence-corrected chi connectivity index (χ4v) is 1.58. The zero-order valence-electron chi connectivity index (χ0n) is 8.06. The molecule has 7 heteroatoms. The van der Waals surface area contributed by atoms with Gasteiger partial charge in [-0.3, -0.25) is 4.79 Å². The largest absolute Gasteiger partial charge is 0.379 e. The van der Waals surface area contributed by atoms with Crippen molar-refractivity contribution in [3.63, 3.8) is 0 Å². The Balaban J connectivity index is 2.23. The highest BCUT2D eigenvalue weighted by Gasteiger charge is 2.37. The molecule has 1 atom stereocenters. The highest BCUT2D eigenvalue weighted by atomic mass is 16.5. The topological polar surface area (TPSA) is 114 Å². The molecule has 1 unspecified atom stereocenters. The molecule has 1 fully saturated rings. The van der Waals surface area contributed by atoms with Crippen LogP contribution in [0.15, 0.2) is 4.52 Å². The molecular formula is C8H12N4O3. The Bertz CT molecular complexity index is 370. The van der Waals surface area contributed by atoms with Gasteiger partial charge in [-0.2, -0.15) is 4.98 Å². The summed E-state index contributed by atoms with van der Waals surface area (Å²) in [5.74, 6) is -0.926. The van der Waals surface area contributed by atoms with Crippen molar-refractivity contribution in [2.75, 3.05) is 13.1 Å².